The van der Waals surface area contributed by atoms with Crippen LogP contribution in [0.4, 0.5) is 0 Å². The van der Waals surface area contributed by atoms with Gasteiger partial charge in [-0.3, -0.25) is 9.69 Å². The second-order valence-electron chi connectivity index (χ2n) is 6.44. The van der Waals surface area contributed by atoms with Crippen LogP contribution in [-0.4, -0.2) is 65.5 Å². The number of amides is 1. The molecule has 1 aliphatic carbocycles. The van der Waals surface area contributed by atoms with Crippen molar-refractivity contribution < 1.29 is 9.53 Å². The van der Waals surface area contributed by atoms with Crippen LogP contribution in [0, 0.1) is 5.41 Å². The summed E-state index contributed by atoms with van der Waals surface area (Å²) in [6.07, 6.45) is 3.29. The zero-order valence-electron chi connectivity index (χ0n) is 11.9. The first-order chi connectivity index (χ1) is 9.42. The molecule has 4 nitrogen and oxygen atoms in total. The molecule has 3 fully saturated rings. The summed E-state index contributed by atoms with van der Waals surface area (Å²) in [4.78, 5) is 16.8. The molecular weight excluding hydrogens is 299 g/mol. The summed E-state index contributed by atoms with van der Waals surface area (Å²) in [5.41, 5.74) is -0.577. The van der Waals surface area contributed by atoms with E-state index in [9.17, 15) is 4.79 Å². The van der Waals surface area contributed by atoms with Crippen molar-refractivity contribution in [1.29, 1.82) is 0 Å². The fraction of sp³-hybridized carbons (Fsp3) is 0.929. The maximum atomic E-state index is 12.5. The van der Waals surface area contributed by atoms with Gasteiger partial charge in [-0.1, -0.05) is 0 Å². The van der Waals surface area contributed by atoms with Crippen molar-refractivity contribution >= 4 is 29.1 Å². The molecule has 114 valence electrons. The van der Waals surface area contributed by atoms with Crippen LogP contribution in [0.25, 0.3) is 0 Å². The van der Waals surface area contributed by atoms with Crippen LogP contribution in [0.5, 0.6) is 0 Å². The SMILES string of the molecule is CC1(C(=O)N2CCN(CC3CCCO3)CC2)CC1(Cl)Cl. The summed E-state index contributed by atoms with van der Waals surface area (Å²) in [7, 11) is 0. The summed E-state index contributed by atoms with van der Waals surface area (Å²) in [5, 5.41) is 0. The molecule has 0 aromatic carbocycles. The minimum absolute atomic E-state index is 0.110. The lowest BCUT2D eigenvalue weighted by Gasteiger charge is -2.37. The quantitative estimate of drug-likeness (QED) is 0.744. The largest absolute Gasteiger partial charge is 0.377 e. The lowest BCUT2D eigenvalue weighted by molar-refractivity contribution is -0.138. The number of carbonyl (C=O) groups excluding carboxylic acids is 1. The summed E-state index contributed by atoms with van der Waals surface area (Å²) >= 11 is 12.2. The van der Waals surface area contributed by atoms with Crippen LogP contribution in [0.2, 0.25) is 0 Å². The fourth-order valence-corrected chi connectivity index (χ4v) is 3.89. The van der Waals surface area contributed by atoms with Gasteiger partial charge in [0.2, 0.25) is 5.91 Å². The number of halogens is 2. The van der Waals surface area contributed by atoms with Crippen molar-refractivity contribution in [1.82, 2.24) is 9.80 Å². The molecule has 0 bridgehead atoms. The third-order valence-electron chi connectivity index (χ3n) is 4.88. The summed E-state index contributed by atoms with van der Waals surface area (Å²) in [6.45, 7) is 7.13. The van der Waals surface area contributed by atoms with Gasteiger partial charge in [0.1, 0.15) is 4.33 Å². The average molecular weight is 321 g/mol. The third-order valence-corrected chi connectivity index (χ3v) is 5.98. The van der Waals surface area contributed by atoms with E-state index in [-0.39, 0.29) is 5.91 Å². The van der Waals surface area contributed by atoms with E-state index in [1.54, 1.807) is 0 Å². The van der Waals surface area contributed by atoms with E-state index in [1.165, 1.54) is 6.42 Å². The Labute approximate surface area is 130 Å². The molecule has 2 atom stereocenters. The zero-order chi connectivity index (χ0) is 14.4. The number of hydrogen-bond donors (Lipinski definition) is 0. The fourth-order valence-electron chi connectivity index (χ4n) is 3.19. The predicted octanol–water partition coefficient (Wildman–Crippen LogP) is 1.89. The van der Waals surface area contributed by atoms with Crippen molar-refractivity contribution in [2.75, 3.05) is 39.3 Å². The van der Waals surface area contributed by atoms with Gasteiger partial charge in [0.15, 0.2) is 0 Å². The predicted molar refractivity (Wildman–Crippen MR) is 79.2 cm³/mol. The van der Waals surface area contributed by atoms with Crippen molar-refractivity contribution in [3.8, 4) is 0 Å². The molecule has 2 saturated heterocycles. The van der Waals surface area contributed by atoms with E-state index < -0.39 is 9.75 Å². The Hall–Kier alpha value is -0.0300. The van der Waals surface area contributed by atoms with Crippen LogP contribution in [0.1, 0.15) is 26.2 Å². The highest BCUT2D eigenvalue weighted by molar-refractivity contribution is 6.53. The van der Waals surface area contributed by atoms with Gasteiger partial charge in [-0.15, -0.1) is 23.2 Å². The van der Waals surface area contributed by atoms with Gasteiger partial charge in [0.05, 0.1) is 11.5 Å². The maximum absolute atomic E-state index is 12.5. The summed E-state index contributed by atoms with van der Waals surface area (Å²) in [5.74, 6) is 0.110. The molecule has 3 aliphatic rings. The molecule has 2 aliphatic heterocycles. The minimum atomic E-state index is -0.862. The summed E-state index contributed by atoms with van der Waals surface area (Å²) in [6, 6.07) is 0. The van der Waals surface area contributed by atoms with E-state index in [0.29, 0.717) is 12.5 Å². The number of hydrogen-bond acceptors (Lipinski definition) is 3. The summed E-state index contributed by atoms with van der Waals surface area (Å²) < 4.78 is 4.80. The second kappa shape index (κ2) is 5.31. The first-order valence-electron chi connectivity index (χ1n) is 7.43. The molecule has 0 radical (unpaired) electrons. The van der Waals surface area contributed by atoms with Crippen LogP contribution in [0.15, 0.2) is 0 Å². The number of carbonyl (C=O) groups is 1. The number of rotatable bonds is 3. The standard InChI is InChI=1S/C14H22Cl2N2O2/c1-13(10-14(13,15)16)12(19)18-6-4-17(5-7-18)9-11-3-2-8-20-11/h11H,2-10H2,1H3. The molecule has 0 aromatic heterocycles. The van der Waals surface area contributed by atoms with Gasteiger partial charge in [0.25, 0.3) is 0 Å². The first-order valence-corrected chi connectivity index (χ1v) is 8.19. The molecular formula is C14H22Cl2N2O2. The monoisotopic (exact) mass is 320 g/mol. The van der Waals surface area contributed by atoms with Gasteiger partial charge in [-0.25, -0.2) is 0 Å². The number of piperazine rings is 1. The van der Waals surface area contributed by atoms with Gasteiger partial charge in [-0.2, -0.15) is 0 Å². The van der Waals surface area contributed by atoms with E-state index in [1.807, 2.05) is 11.8 Å². The number of alkyl halides is 2. The highest BCUT2D eigenvalue weighted by Crippen LogP contribution is 2.64. The van der Waals surface area contributed by atoms with Crippen LogP contribution >= 0.6 is 23.2 Å². The first kappa shape index (κ1) is 14.9. The van der Waals surface area contributed by atoms with Crippen molar-refractivity contribution in [2.24, 2.45) is 5.41 Å². The Bertz CT molecular complexity index is 391. The smallest absolute Gasteiger partial charge is 0.231 e. The molecule has 6 heteroatoms. The minimum Gasteiger partial charge on any atom is -0.377 e. The van der Waals surface area contributed by atoms with Gasteiger partial charge < -0.3 is 9.64 Å². The highest BCUT2D eigenvalue weighted by atomic mass is 35.5. The van der Waals surface area contributed by atoms with Crippen molar-refractivity contribution in [2.45, 2.75) is 36.6 Å². The Kier molecular flexibility index (Phi) is 3.95. The van der Waals surface area contributed by atoms with Crippen molar-refractivity contribution in [3.63, 3.8) is 0 Å². The lowest BCUT2D eigenvalue weighted by Crippen LogP contribution is -2.52. The van der Waals surface area contributed by atoms with E-state index >= 15 is 0 Å². The molecule has 1 saturated carbocycles. The molecule has 0 spiro atoms. The number of ether oxygens (including phenoxy) is 1. The topological polar surface area (TPSA) is 32.8 Å². The molecule has 2 unspecified atom stereocenters. The average Bonchev–Trinajstić information content (AvgIpc) is 2.80. The van der Waals surface area contributed by atoms with Crippen molar-refractivity contribution in [3.05, 3.63) is 0 Å². The van der Waals surface area contributed by atoms with Gasteiger partial charge >= 0.3 is 0 Å². The third kappa shape index (κ3) is 2.68. The Morgan fingerprint density at radius 1 is 1.30 bits per heavy atom. The Morgan fingerprint density at radius 3 is 2.45 bits per heavy atom. The van der Waals surface area contributed by atoms with Gasteiger partial charge in [-0.05, 0) is 26.2 Å². The molecule has 0 N–H and O–H groups in total. The molecule has 20 heavy (non-hydrogen) atoms. The van der Waals surface area contributed by atoms with Crippen LogP contribution < -0.4 is 0 Å². The zero-order valence-corrected chi connectivity index (χ0v) is 13.4. The number of nitrogens with zero attached hydrogens (tertiary/aromatic N) is 2. The van der Waals surface area contributed by atoms with Gasteiger partial charge in [0, 0.05) is 39.3 Å². The van der Waals surface area contributed by atoms with Crippen LogP contribution in [0.3, 0.4) is 0 Å². The van der Waals surface area contributed by atoms with E-state index in [2.05, 4.69) is 4.90 Å². The molecule has 0 aromatic rings. The van der Waals surface area contributed by atoms with E-state index in [4.69, 9.17) is 27.9 Å². The van der Waals surface area contributed by atoms with E-state index in [0.717, 1.165) is 45.8 Å². The Balaban J connectivity index is 1.48. The highest BCUT2D eigenvalue weighted by Gasteiger charge is 2.68. The lowest BCUT2D eigenvalue weighted by atomic mass is 10.1. The second-order valence-corrected chi connectivity index (χ2v) is 7.93. The Morgan fingerprint density at radius 2 is 1.95 bits per heavy atom. The molecule has 2 heterocycles. The maximum Gasteiger partial charge on any atom is 0.231 e. The molecule has 3 rings (SSSR count). The van der Waals surface area contributed by atoms with Crippen LogP contribution in [-0.2, 0) is 9.53 Å². The normalized spacial score (nSPS) is 37.1. The molecule has 1 amide bonds.